The average Bonchev–Trinajstić information content (AvgIpc) is 2.30. The Morgan fingerprint density at radius 3 is 2.86 bits per heavy atom. The smallest absolute Gasteiger partial charge is 0.0876 e. The third-order valence-electron chi connectivity index (χ3n) is 3.01. The summed E-state index contributed by atoms with van der Waals surface area (Å²) >= 11 is 0. The molecule has 0 bridgehead atoms. The minimum atomic E-state index is 0.0515. The van der Waals surface area contributed by atoms with Crippen LogP contribution in [0.3, 0.4) is 0 Å². The van der Waals surface area contributed by atoms with Gasteiger partial charge in [0.2, 0.25) is 0 Å². The Kier molecular flexibility index (Phi) is 3.43. The fourth-order valence-corrected chi connectivity index (χ4v) is 2.12. The molecule has 3 nitrogen and oxygen atoms in total. The van der Waals surface area contributed by atoms with Crippen molar-refractivity contribution >= 4 is 0 Å². The van der Waals surface area contributed by atoms with Crippen molar-refractivity contribution in [2.75, 3.05) is 13.2 Å². The standard InChI is InChI=1S/C11H19NO2/c12-11(9-4-3-6-13-8-9)10-5-1-2-7-14-10/h8,10-11H,1-7,12H2. The van der Waals surface area contributed by atoms with Crippen LogP contribution in [0, 0.1) is 0 Å². The van der Waals surface area contributed by atoms with Crippen LogP contribution in [0.4, 0.5) is 0 Å². The number of rotatable bonds is 2. The van der Waals surface area contributed by atoms with E-state index in [0.717, 1.165) is 32.5 Å². The first-order valence-electron chi connectivity index (χ1n) is 5.55. The van der Waals surface area contributed by atoms with E-state index in [1.54, 1.807) is 0 Å². The van der Waals surface area contributed by atoms with Crippen LogP contribution < -0.4 is 5.73 Å². The van der Waals surface area contributed by atoms with E-state index in [-0.39, 0.29) is 12.1 Å². The maximum Gasteiger partial charge on any atom is 0.0876 e. The highest BCUT2D eigenvalue weighted by Gasteiger charge is 2.25. The summed E-state index contributed by atoms with van der Waals surface area (Å²) in [5.74, 6) is 0. The molecule has 2 N–H and O–H groups in total. The fourth-order valence-electron chi connectivity index (χ4n) is 2.12. The lowest BCUT2D eigenvalue weighted by molar-refractivity contribution is 0.00520. The first kappa shape index (κ1) is 9.99. The summed E-state index contributed by atoms with van der Waals surface area (Å²) in [6.45, 7) is 1.70. The number of hydrogen-bond acceptors (Lipinski definition) is 3. The SMILES string of the molecule is NC(C1=COCCC1)C1CCCCO1. The van der Waals surface area contributed by atoms with Gasteiger partial charge < -0.3 is 15.2 Å². The molecule has 0 aliphatic carbocycles. The van der Waals surface area contributed by atoms with E-state index in [4.69, 9.17) is 15.2 Å². The van der Waals surface area contributed by atoms with Gasteiger partial charge in [-0.05, 0) is 37.7 Å². The lowest BCUT2D eigenvalue weighted by Crippen LogP contribution is -2.40. The van der Waals surface area contributed by atoms with Crippen molar-refractivity contribution in [3.63, 3.8) is 0 Å². The largest absolute Gasteiger partial charge is 0.501 e. The first-order chi connectivity index (χ1) is 6.88. The van der Waals surface area contributed by atoms with Gasteiger partial charge in [0, 0.05) is 6.61 Å². The molecular formula is C11H19NO2. The van der Waals surface area contributed by atoms with Gasteiger partial charge in [0.05, 0.1) is 25.0 Å². The molecule has 1 fully saturated rings. The first-order valence-corrected chi connectivity index (χ1v) is 5.55. The summed E-state index contributed by atoms with van der Waals surface area (Å²) < 4.78 is 11.0. The topological polar surface area (TPSA) is 44.5 Å². The molecule has 0 spiro atoms. The zero-order valence-electron chi connectivity index (χ0n) is 8.58. The van der Waals surface area contributed by atoms with Crippen LogP contribution in [-0.2, 0) is 9.47 Å². The van der Waals surface area contributed by atoms with Crippen molar-refractivity contribution < 1.29 is 9.47 Å². The van der Waals surface area contributed by atoms with Crippen molar-refractivity contribution in [3.05, 3.63) is 11.8 Å². The van der Waals surface area contributed by atoms with Crippen LogP contribution >= 0.6 is 0 Å². The highest BCUT2D eigenvalue weighted by Crippen LogP contribution is 2.23. The maximum absolute atomic E-state index is 6.15. The molecule has 0 amide bonds. The summed E-state index contributed by atoms with van der Waals surface area (Å²) in [5, 5.41) is 0. The molecule has 2 unspecified atom stereocenters. The fraction of sp³-hybridized carbons (Fsp3) is 0.818. The Morgan fingerprint density at radius 1 is 1.29 bits per heavy atom. The van der Waals surface area contributed by atoms with Crippen LogP contribution in [0.1, 0.15) is 32.1 Å². The van der Waals surface area contributed by atoms with E-state index in [2.05, 4.69) is 0 Å². The van der Waals surface area contributed by atoms with Crippen LogP contribution in [0.5, 0.6) is 0 Å². The quantitative estimate of drug-likeness (QED) is 0.731. The molecule has 80 valence electrons. The maximum atomic E-state index is 6.15. The highest BCUT2D eigenvalue weighted by molar-refractivity contribution is 5.11. The lowest BCUT2D eigenvalue weighted by atomic mass is 9.94. The summed E-state index contributed by atoms with van der Waals surface area (Å²) in [5.41, 5.74) is 7.38. The summed E-state index contributed by atoms with van der Waals surface area (Å²) in [6.07, 6.45) is 7.74. The third-order valence-corrected chi connectivity index (χ3v) is 3.01. The molecule has 2 aliphatic heterocycles. The van der Waals surface area contributed by atoms with Crippen LogP contribution in [0.15, 0.2) is 11.8 Å². The molecular weight excluding hydrogens is 178 g/mol. The molecule has 0 aromatic carbocycles. The second-order valence-electron chi connectivity index (χ2n) is 4.10. The van der Waals surface area contributed by atoms with E-state index in [0.29, 0.717) is 0 Å². The highest BCUT2D eigenvalue weighted by atomic mass is 16.5. The molecule has 3 heteroatoms. The molecule has 14 heavy (non-hydrogen) atoms. The predicted octanol–water partition coefficient (Wildman–Crippen LogP) is 1.58. The van der Waals surface area contributed by atoms with Crippen molar-refractivity contribution in [3.8, 4) is 0 Å². The van der Waals surface area contributed by atoms with Gasteiger partial charge in [0.1, 0.15) is 0 Å². The Bertz CT molecular complexity index is 209. The molecule has 2 heterocycles. The van der Waals surface area contributed by atoms with Crippen molar-refractivity contribution in [1.29, 1.82) is 0 Å². The Hall–Kier alpha value is -0.540. The third kappa shape index (κ3) is 2.28. The van der Waals surface area contributed by atoms with Gasteiger partial charge in [-0.25, -0.2) is 0 Å². The number of hydrogen-bond donors (Lipinski definition) is 1. The van der Waals surface area contributed by atoms with Gasteiger partial charge in [-0.2, -0.15) is 0 Å². The van der Waals surface area contributed by atoms with Crippen LogP contribution in [-0.4, -0.2) is 25.4 Å². The predicted molar refractivity (Wildman–Crippen MR) is 54.8 cm³/mol. The normalized spacial score (nSPS) is 30.4. The van der Waals surface area contributed by atoms with E-state index < -0.39 is 0 Å². The Morgan fingerprint density at radius 2 is 2.21 bits per heavy atom. The second kappa shape index (κ2) is 4.80. The zero-order valence-corrected chi connectivity index (χ0v) is 8.58. The van der Waals surface area contributed by atoms with Gasteiger partial charge >= 0.3 is 0 Å². The van der Waals surface area contributed by atoms with Gasteiger partial charge in [0.25, 0.3) is 0 Å². The number of nitrogens with two attached hydrogens (primary N) is 1. The minimum Gasteiger partial charge on any atom is -0.501 e. The Balaban J connectivity index is 1.91. The average molecular weight is 197 g/mol. The zero-order chi connectivity index (χ0) is 9.80. The summed E-state index contributed by atoms with van der Waals surface area (Å²) in [4.78, 5) is 0. The Labute approximate surface area is 85.3 Å². The van der Waals surface area contributed by atoms with Gasteiger partial charge in [-0.1, -0.05) is 0 Å². The van der Waals surface area contributed by atoms with E-state index >= 15 is 0 Å². The van der Waals surface area contributed by atoms with Gasteiger partial charge in [-0.15, -0.1) is 0 Å². The lowest BCUT2D eigenvalue weighted by Gasteiger charge is -2.30. The van der Waals surface area contributed by atoms with E-state index in [1.807, 2.05) is 6.26 Å². The van der Waals surface area contributed by atoms with E-state index in [9.17, 15) is 0 Å². The van der Waals surface area contributed by atoms with Crippen LogP contribution in [0.25, 0.3) is 0 Å². The second-order valence-corrected chi connectivity index (χ2v) is 4.10. The van der Waals surface area contributed by atoms with Gasteiger partial charge in [-0.3, -0.25) is 0 Å². The molecule has 2 rings (SSSR count). The van der Waals surface area contributed by atoms with Crippen LogP contribution in [0.2, 0.25) is 0 Å². The summed E-state index contributed by atoms with van der Waals surface area (Å²) in [7, 11) is 0. The van der Waals surface area contributed by atoms with Crippen molar-refractivity contribution in [2.24, 2.45) is 5.73 Å². The molecule has 0 radical (unpaired) electrons. The molecule has 1 saturated heterocycles. The van der Waals surface area contributed by atoms with Crippen molar-refractivity contribution in [1.82, 2.24) is 0 Å². The number of ether oxygens (including phenoxy) is 2. The molecule has 0 aromatic rings. The van der Waals surface area contributed by atoms with Gasteiger partial charge in [0.15, 0.2) is 0 Å². The van der Waals surface area contributed by atoms with Crippen molar-refractivity contribution in [2.45, 2.75) is 44.2 Å². The van der Waals surface area contributed by atoms with E-state index in [1.165, 1.54) is 18.4 Å². The monoisotopic (exact) mass is 197 g/mol. The molecule has 2 aliphatic rings. The molecule has 2 atom stereocenters. The molecule has 0 aromatic heterocycles. The minimum absolute atomic E-state index is 0.0515. The summed E-state index contributed by atoms with van der Waals surface area (Å²) in [6, 6.07) is 0.0515. The molecule has 0 saturated carbocycles.